The van der Waals surface area contributed by atoms with Crippen LogP contribution < -0.4 is 5.32 Å². The van der Waals surface area contributed by atoms with Crippen molar-refractivity contribution in [3.05, 3.63) is 58.5 Å². The van der Waals surface area contributed by atoms with Crippen LogP contribution in [0.3, 0.4) is 0 Å². The van der Waals surface area contributed by atoms with Crippen LogP contribution in [0.1, 0.15) is 34.6 Å². The van der Waals surface area contributed by atoms with Gasteiger partial charge < -0.3 is 5.32 Å². The highest BCUT2D eigenvalue weighted by Gasteiger charge is 2.59. The summed E-state index contributed by atoms with van der Waals surface area (Å²) in [7, 11) is 1.61. The van der Waals surface area contributed by atoms with E-state index in [1.54, 1.807) is 14.0 Å². The van der Waals surface area contributed by atoms with E-state index in [1.807, 2.05) is 0 Å². The van der Waals surface area contributed by atoms with E-state index in [9.17, 15) is 26.7 Å². The van der Waals surface area contributed by atoms with Gasteiger partial charge in [0.15, 0.2) is 0 Å². The molecule has 0 aliphatic rings. The van der Waals surface area contributed by atoms with E-state index in [-0.39, 0.29) is 16.5 Å². The number of nitrogens with zero attached hydrogens (tertiary/aromatic N) is 3. The lowest BCUT2D eigenvalue weighted by molar-refractivity contribution is -0.290. The second-order valence-electron chi connectivity index (χ2n) is 6.36. The van der Waals surface area contributed by atoms with Gasteiger partial charge in [0.1, 0.15) is 10.8 Å². The Morgan fingerprint density at radius 1 is 1.17 bits per heavy atom. The number of para-hydroxylation sites is 1. The van der Waals surface area contributed by atoms with Gasteiger partial charge in [0, 0.05) is 18.0 Å². The summed E-state index contributed by atoms with van der Waals surface area (Å²) >= 11 is 6.09. The maximum Gasteiger partial charge on any atom is 0.459 e. The van der Waals surface area contributed by atoms with E-state index in [2.05, 4.69) is 15.4 Å². The van der Waals surface area contributed by atoms with Crippen molar-refractivity contribution >= 4 is 28.4 Å². The van der Waals surface area contributed by atoms with Gasteiger partial charge in [0.2, 0.25) is 0 Å². The van der Waals surface area contributed by atoms with E-state index in [1.165, 1.54) is 29.1 Å². The number of carbonyl (C=O) groups is 1. The second-order valence-corrected chi connectivity index (χ2v) is 6.71. The quantitative estimate of drug-likeness (QED) is 0.604. The van der Waals surface area contributed by atoms with E-state index < -0.39 is 29.7 Å². The molecule has 3 rings (SSSR count). The highest BCUT2D eigenvalue weighted by molar-refractivity contribution is 6.30. The minimum atomic E-state index is -5.81. The molecule has 0 radical (unpaired) electrons. The summed E-state index contributed by atoms with van der Waals surface area (Å²) in [5, 5.41) is 7.12. The molecule has 3 aromatic rings. The third-order valence-electron chi connectivity index (χ3n) is 4.35. The van der Waals surface area contributed by atoms with E-state index in [4.69, 9.17) is 11.6 Å². The van der Waals surface area contributed by atoms with Crippen LogP contribution in [0.4, 0.5) is 22.0 Å². The summed E-state index contributed by atoms with van der Waals surface area (Å²) in [5.41, 5.74) is -1.38. The first-order chi connectivity index (χ1) is 13.4. The zero-order valence-corrected chi connectivity index (χ0v) is 15.8. The number of benzene rings is 1. The predicted octanol–water partition coefficient (Wildman–Crippen LogP) is 4.77. The first-order valence-electron chi connectivity index (χ1n) is 8.26. The average molecular weight is 433 g/mol. The minimum absolute atomic E-state index is 0.144. The first kappa shape index (κ1) is 21.0. The van der Waals surface area contributed by atoms with Gasteiger partial charge in [-0.3, -0.25) is 9.48 Å². The Labute approximate surface area is 166 Å². The largest absolute Gasteiger partial charge is 0.459 e. The maximum absolute atomic E-state index is 13.7. The standard InChI is InChI=1S/C18H14ClF5N4O/c1-9(12-8-25-28(2)15(12)19)26-16(29)11-5-3-4-10-6-7-13(27-14(10)11)17(20,21)18(22,23)24/h3-9H,1-2H3,(H,26,29). The third kappa shape index (κ3) is 3.76. The van der Waals surface area contributed by atoms with Gasteiger partial charge in [-0.05, 0) is 19.1 Å². The highest BCUT2D eigenvalue weighted by atomic mass is 35.5. The zero-order chi connectivity index (χ0) is 21.6. The molecular formula is C18H14ClF5N4O. The van der Waals surface area contributed by atoms with Crippen LogP contribution in [-0.2, 0) is 13.0 Å². The van der Waals surface area contributed by atoms with Gasteiger partial charge in [-0.2, -0.15) is 27.1 Å². The summed E-state index contributed by atoms with van der Waals surface area (Å²) in [6, 6.07) is 5.28. The Morgan fingerprint density at radius 3 is 2.45 bits per heavy atom. The molecule has 0 aliphatic carbocycles. The number of amides is 1. The maximum atomic E-state index is 13.7. The number of halogens is 6. The highest BCUT2D eigenvalue weighted by Crippen LogP contribution is 2.43. The number of hydrogen-bond acceptors (Lipinski definition) is 3. The fourth-order valence-electron chi connectivity index (χ4n) is 2.73. The molecule has 29 heavy (non-hydrogen) atoms. The number of alkyl halides is 5. The molecule has 0 fully saturated rings. The van der Waals surface area contributed by atoms with Crippen LogP contribution in [0.25, 0.3) is 10.9 Å². The van der Waals surface area contributed by atoms with Crippen LogP contribution in [-0.4, -0.2) is 26.8 Å². The van der Waals surface area contributed by atoms with Crippen molar-refractivity contribution in [2.45, 2.75) is 25.1 Å². The summed E-state index contributed by atoms with van der Waals surface area (Å²) in [6.07, 6.45) is -4.35. The number of hydrogen-bond donors (Lipinski definition) is 1. The van der Waals surface area contributed by atoms with Gasteiger partial charge in [0.25, 0.3) is 5.91 Å². The lowest BCUT2D eigenvalue weighted by atomic mass is 10.1. The fraction of sp³-hybridized carbons (Fsp3) is 0.278. The van der Waals surface area contributed by atoms with Crippen LogP contribution in [0.5, 0.6) is 0 Å². The predicted molar refractivity (Wildman–Crippen MR) is 95.8 cm³/mol. The monoisotopic (exact) mass is 432 g/mol. The van der Waals surface area contributed by atoms with Crippen molar-refractivity contribution in [1.82, 2.24) is 20.1 Å². The lowest BCUT2D eigenvalue weighted by Crippen LogP contribution is -2.34. The van der Waals surface area contributed by atoms with E-state index in [0.717, 1.165) is 6.07 Å². The third-order valence-corrected chi connectivity index (χ3v) is 4.81. The Bertz CT molecular complexity index is 1080. The smallest absolute Gasteiger partial charge is 0.345 e. The second kappa shape index (κ2) is 7.25. The molecule has 0 spiro atoms. The van der Waals surface area contributed by atoms with Crippen molar-refractivity contribution in [1.29, 1.82) is 0 Å². The number of rotatable bonds is 4. The zero-order valence-electron chi connectivity index (χ0n) is 15.1. The van der Waals surface area contributed by atoms with Gasteiger partial charge >= 0.3 is 12.1 Å². The summed E-state index contributed by atoms with van der Waals surface area (Å²) in [6.45, 7) is 1.63. The minimum Gasteiger partial charge on any atom is -0.345 e. The molecule has 0 aliphatic heterocycles. The first-order valence-corrected chi connectivity index (χ1v) is 8.64. The molecule has 5 nitrogen and oxygen atoms in total. The Kier molecular flexibility index (Phi) is 5.24. The molecule has 154 valence electrons. The van der Waals surface area contributed by atoms with Crippen molar-refractivity contribution in [3.63, 3.8) is 0 Å². The van der Waals surface area contributed by atoms with Gasteiger partial charge in [-0.25, -0.2) is 4.98 Å². The lowest BCUT2D eigenvalue weighted by Gasteiger charge is -2.19. The molecule has 0 bridgehead atoms. The molecular weight excluding hydrogens is 419 g/mol. The van der Waals surface area contributed by atoms with Gasteiger partial charge in [0.05, 0.1) is 23.3 Å². The number of aryl methyl sites for hydroxylation is 1. The normalized spacial score (nSPS) is 13.5. The molecule has 0 saturated carbocycles. The number of carbonyl (C=O) groups excluding carboxylic acids is 1. The summed E-state index contributed by atoms with van der Waals surface area (Å²) < 4.78 is 66.8. The van der Waals surface area contributed by atoms with E-state index in [0.29, 0.717) is 16.8 Å². The summed E-state index contributed by atoms with van der Waals surface area (Å²) in [5.74, 6) is -5.86. The van der Waals surface area contributed by atoms with Crippen molar-refractivity contribution in [3.8, 4) is 0 Å². The SMILES string of the molecule is CC(NC(=O)c1cccc2ccc(C(F)(F)C(F)(F)F)nc12)c1cnn(C)c1Cl. The van der Waals surface area contributed by atoms with Crippen LogP contribution >= 0.6 is 11.6 Å². The molecule has 1 aromatic carbocycles. The molecule has 11 heteroatoms. The van der Waals surface area contributed by atoms with Crippen molar-refractivity contribution in [2.24, 2.45) is 7.05 Å². The van der Waals surface area contributed by atoms with Gasteiger partial charge in [-0.15, -0.1) is 0 Å². The number of nitrogens with one attached hydrogen (secondary N) is 1. The van der Waals surface area contributed by atoms with Gasteiger partial charge in [-0.1, -0.05) is 29.8 Å². The van der Waals surface area contributed by atoms with Crippen molar-refractivity contribution < 1.29 is 26.7 Å². The Balaban J connectivity index is 1.99. The molecule has 1 unspecified atom stereocenters. The Hall–Kier alpha value is -2.75. The number of aromatic nitrogens is 3. The van der Waals surface area contributed by atoms with Crippen molar-refractivity contribution in [2.75, 3.05) is 0 Å². The molecule has 0 saturated heterocycles. The van der Waals surface area contributed by atoms with E-state index >= 15 is 0 Å². The molecule has 2 heterocycles. The molecule has 1 N–H and O–H groups in total. The number of pyridine rings is 1. The molecule has 2 aromatic heterocycles. The van der Waals surface area contributed by atoms with Crippen LogP contribution in [0.15, 0.2) is 36.5 Å². The number of fused-ring (bicyclic) bond motifs is 1. The topological polar surface area (TPSA) is 59.8 Å². The van der Waals surface area contributed by atoms with Crippen LogP contribution in [0.2, 0.25) is 5.15 Å². The van der Waals surface area contributed by atoms with Crippen LogP contribution in [0, 0.1) is 0 Å². The summed E-state index contributed by atoms with van der Waals surface area (Å²) in [4.78, 5) is 16.1. The molecule has 1 amide bonds. The average Bonchev–Trinajstić information content (AvgIpc) is 2.98. The molecule has 1 atom stereocenters. The fourth-order valence-corrected chi connectivity index (χ4v) is 2.99. The Morgan fingerprint density at radius 2 is 1.86 bits per heavy atom.